The van der Waals surface area contributed by atoms with Crippen LogP contribution < -0.4 is 9.64 Å². The Hall–Kier alpha value is -2.92. The zero-order valence-electron chi connectivity index (χ0n) is 16.5. The molecule has 4 nitrogen and oxygen atoms in total. The van der Waals surface area contributed by atoms with Crippen molar-refractivity contribution in [2.45, 2.75) is 33.4 Å². The summed E-state index contributed by atoms with van der Waals surface area (Å²) in [6.07, 6.45) is 0.775. The van der Waals surface area contributed by atoms with Gasteiger partial charge in [0.2, 0.25) is 0 Å². The maximum Gasteiger partial charge on any atom is 0.269 e. The van der Waals surface area contributed by atoms with Gasteiger partial charge in [0.1, 0.15) is 17.4 Å². The molecule has 29 heavy (non-hydrogen) atoms. The van der Waals surface area contributed by atoms with Gasteiger partial charge in [0.15, 0.2) is 6.10 Å². The van der Waals surface area contributed by atoms with Gasteiger partial charge in [-0.2, -0.15) is 0 Å². The van der Waals surface area contributed by atoms with Gasteiger partial charge in [-0.15, -0.1) is 0 Å². The smallest absolute Gasteiger partial charge is 0.269 e. The summed E-state index contributed by atoms with van der Waals surface area (Å²) in [6.45, 7) is 5.54. The Kier molecular flexibility index (Phi) is 6.49. The number of carbonyl (C=O) groups is 1. The Morgan fingerprint density at radius 1 is 1.14 bits per heavy atom. The number of benzene rings is 2. The summed E-state index contributed by atoms with van der Waals surface area (Å²) in [6, 6.07) is 15.3. The van der Waals surface area contributed by atoms with E-state index < -0.39 is 11.9 Å². The summed E-state index contributed by atoms with van der Waals surface area (Å²) in [7, 11) is 0. The van der Waals surface area contributed by atoms with E-state index in [0.29, 0.717) is 11.6 Å². The summed E-state index contributed by atoms with van der Waals surface area (Å²) in [5, 5.41) is 0.252. The average Bonchev–Trinajstić information content (AvgIpc) is 2.71. The van der Waals surface area contributed by atoms with Gasteiger partial charge in [-0.1, -0.05) is 35.9 Å². The molecule has 1 heterocycles. The van der Waals surface area contributed by atoms with E-state index in [2.05, 4.69) is 4.98 Å². The van der Waals surface area contributed by atoms with Crippen molar-refractivity contribution in [2.75, 3.05) is 4.90 Å². The van der Waals surface area contributed by atoms with Crippen molar-refractivity contribution in [1.29, 1.82) is 0 Å². The number of carbonyl (C=O) groups excluding carboxylic acids is 1. The molecule has 6 heteroatoms. The normalized spacial score (nSPS) is 11.8. The molecule has 0 radical (unpaired) electrons. The van der Waals surface area contributed by atoms with Gasteiger partial charge in [0.25, 0.3) is 5.91 Å². The van der Waals surface area contributed by atoms with E-state index in [0.717, 1.165) is 11.1 Å². The minimum atomic E-state index is -0.803. The molecule has 0 N–H and O–H groups in total. The molecule has 3 rings (SSSR count). The minimum Gasteiger partial charge on any atom is -0.481 e. The fourth-order valence-electron chi connectivity index (χ4n) is 2.94. The van der Waals surface area contributed by atoms with Crippen LogP contribution in [0.25, 0.3) is 0 Å². The number of hydrogen-bond acceptors (Lipinski definition) is 3. The average molecular weight is 413 g/mol. The molecule has 0 aliphatic carbocycles. The first-order valence-corrected chi connectivity index (χ1v) is 9.64. The number of ether oxygens (including phenoxy) is 1. The largest absolute Gasteiger partial charge is 0.481 e. The monoisotopic (exact) mass is 412 g/mol. The summed E-state index contributed by atoms with van der Waals surface area (Å²) in [5.74, 6) is 0.210. The van der Waals surface area contributed by atoms with Crippen LogP contribution in [0.2, 0.25) is 5.02 Å². The highest BCUT2D eigenvalue weighted by molar-refractivity contribution is 6.31. The van der Waals surface area contributed by atoms with Crippen LogP contribution >= 0.6 is 11.6 Å². The minimum absolute atomic E-state index is 0.0537. The van der Waals surface area contributed by atoms with Gasteiger partial charge >= 0.3 is 0 Å². The van der Waals surface area contributed by atoms with E-state index in [-0.39, 0.29) is 23.0 Å². The van der Waals surface area contributed by atoms with Crippen molar-refractivity contribution in [3.05, 3.63) is 88.3 Å². The van der Waals surface area contributed by atoms with E-state index in [4.69, 9.17) is 16.3 Å². The highest BCUT2D eigenvalue weighted by Crippen LogP contribution is 2.26. The Balaban J connectivity index is 1.91. The molecule has 0 aliphatic rings. The summed E-state index contributed by atoms with van der Waals surface area (Å²) in [4.78, 5) is 18.9. The third kappa shape index (κ3) is 4.74. The lowest BCUT2D eigenvalue weighted by Crippen LogP contribution is -2.41. The van der Waals surface area contributed by atoms with E-state index in [9.17, 15) is 9.18 Å². The lowest BCUT2D eigenvalue weighted by atomic mass is 10.1. The molecule has 1 aromatic heterocycles. The Bertz CT molecular complexity index is 991. The molecule has 0 saturated carbocycles. The Morgan fingerprint density at radius 3 is 2.59 bits per heavy atom. The zero-order valence-corrected chi connectivity index (χ0v) is 17.3. The highest BCUT2D eigenvalue weighted by atomic mass is 35.5. The summed E-state index contributed by atoms with van der Waals surface area (Å²) < 4.78 is 20.3. The topological polar surface area (TPSA) is 42.4 Å². The molecular formula is C23H22ClFN2O2. The number of anilines is 1. The van der Waals surface area contributed by atoms with Crippen LogP contribution in [0, 0.1) is 19.7 Å². The van der Waals surface area contributed by atoms with Crippen molar-refractivity contribution in [3.8, 4) is 5.75 Å². The number of aryl methyl sites for hydroxylation is 1. The van der Waals surface area contributed by atoms with Crippen LogP contribution in [-0.2, 0) is 11.3 Å². The van der Waals surface area contributed by atoms with Crippen LogP contribution in [0.15, 0.2) is 60.8 Å². The quantitative estimate of drug-likeness (QED) is 0.537. The molecule has 0 spiro atoms. The van der Waals surface area contributed by atoms with Gasteiger partial charge in [-0.05, 0) is 62.2 Å². The Labute approximate surface area is 174 Å². The van der Waals surface area contributed by atoms with Crippen molar-refractivity contribution in [2.24, 2.45) is 0 Å². The maximum atomic E-state index is 14.4. The third-order valence-corrected chi connectivity index (χ3v) is 5.13. The second-order valence-electron chi connectivity index (χ2n) is 6.77. The van der Waals surface area contributed by atoms with Gasteiger partial charge < -0.3 is 4.74 Å². The standard InChI is InChI=1S/C23H22ClFN2O2/c1-15-8-6-11-21(16(15)2)29-17(3)23(28)27(22-12-4-5-13-26-22)14-18-19(24)9-7-10-20(18)25/h4-13,17H,14H2,1-3H3/t17-/m1/s1. The van der Waals surface area contributed by atoms with Crippen LogP contribution in [0.3, 0.4) is 0 Å². The second kappa shape index (κ2) is 9.05. The van der Waals surface area contributed by atoms with Crippen LogP contribution in [-0.4, -0.2) is 17.0 Å². The SMILES string of the molecule is Cc1cccc(O[C@H](C)C(=O)N(Cc2c(F)cccc2Cl)c2ccccn2)c1C. The predicted molar refractivity (Wildman–Crippen MR) is 113 cm³/mol. The summed E-state index contributed by atoms with van der Waals surface area (Å²) in [5.41, 5.74) is 2.27. The molecule has 1 amide bonds. The number of halogens is 2. The van der Waals surface area contributed by atoms with Crippen molar-refractivity contribution < 1.29 is 13.9 Å². The van der Waals surface area contributed by atoms with Crippen molar-refractivity contribution in [3.63, 3.8) is 0 Å². The van der Waals surface area contributed by atoms with E-state index >= 15 is 0 Å². The van der Waals surface area contributed by atoms with E-state index in [1.165, 1.54) is 17.0 Å². The van der Waals surface area contributed by atoms with Crippen molar-refractivity contribution >= 4 is 23.3 Å². The lowest BCUT2D eigenvalue weighted by Gasteiger charge is -2.26. The number of hydrogen-bond donors (Lipinski definition) is 0. The fourth-order valence-corrected chi connectivity index (χ4v) is 3.16. The number of aromatic nitrogens is 1. The predicted octanol–water partition coefficient (Wildman–Crippen LogP) is 5.49. The number of amides is 1. The first-order chi connectivity index (χ1) is 13.9. The first-order valence-electron chi connectivity index (χ1n) is 9.26. The third-order valence-electron chi connectivity index (χ3n) is 4.78. The van der Waals surface area contributed by atoms with E-state index in [1.54, 1.807) is 37.4 Å². The van der Waals surface area contributed by atoms with Crippen LogP contribution in [0.1, 0.15) is 23.6 Å². The molecule has 0 bridgehead atoms. The maximum absolute atomic E-state index is 14.4. The molecule has 0 saturated heterocycles. The number of pyridine rings is 1. The highest BCUT2D eigenvalue weighted by Gasteiger charge is 2.26. The molecule has 3 aromatic rings. The van der Waals surface area contributed by atoms with Gasteiger partial charge in [-0.3, -0.25) is 9.69 Å². The van der Waals surface area contributed by atoms with Crippen LogP contribution in [0.5, 0.6) is 5.75 Å². The van der Waals surface area contributed by atoms with E-state index in [1.807, 2.05) is 32.0 Å². The molecule has 1 atom stereocenters. The van der Waals surface area contributed by atoms with Crippen molar-refractivity contribution in [1.82, 2.24) is 4.98 Å². The second-order valence-corrected chi connectivity index (χ2v) is 7.18. The molecule has 0 aliphatic heterocycles. The summed E-state index contributed by atoms with van der Waals surface area (Å²) >= 11 is 6.18. The van der Waals surface area contributed by atoms with Gasteiger partial charge in [0, 0.05) is 16.8 Å². The Morgan fingerprint density at radius 2 is 1.90 bits per heavy atom. The van der Waals surface area contributed by atoms with Crippen LogP contribution in [0.4, 0.5) is 10.2 Å². The first kappa shape index (κ1) is 20.8. The van der Waals surface area contributed by atoms with Gasteiger partial charge in [0.05, 0.1) is 6.54 Å². The zero-order chi connectivity index (χ0) is 21.0. The number of nitrogens with zero attached hydrogens (tertiary/aromatic N) is 2. The molecule has 2 aromatic carbocycles. The molecular weight excluding hydrogens is 391 g/mol. The molecule has 0 fully saturated rings. The molecule has 0 unspecified atom stereocenters. The van der Waals surface area contributed by atoms with Gasteiger partial charge in [-0.25, -0.2) is 9.37 Å². The lowest BCUT2D eigenvalue weighted by molar-refractivity contribution is -0.124. The molecule has 150 valence electrons. The number of rotatable bonds is 6. The fraction of sp³-hybridized carbons (Fsp3) is 0.217.